The van der Waals surface area contributed by atoms with Crippen LogP contribution < -0.4 is 14.4 Å². The highest BCUT2D eigenvalue weighted by Gasteiger charge is 2.43. The Bertz CT molecular complexity index is 1390. The van der Waals surface area contributed by atoms with E-state index in [2.05, 4.69) is 45.2 Å². The lowest BCUT2D eigenvalue weighted by molar-refractivity contribution is -0.128. The number of carbonyl (C=O) groups is 1. The van der Waals surface area contributed by atoms with Crippen molar-refractivity contribution in [3.05, 3.63) is 54.5 Å². The monoisotopic (exact) mass is 499 g/mol. The SMILES string of the molecule is COc1ccc(C2=CC(C3CCN(c4nn(C)c5ncncc45)CC3)C(=O)C3CC=CCC23)cc1OC. The number of nitrogens with zero attached hydrogens (tertiary/aromatic N) is 5. The van der Waals surface area contributed by atoms with E-state index in [4.69, 9.17) is 14.6 Å². The van der Waals surface area contributed by atoms with Gasteiger partial charge in [-0.2, -0.15) is 5.10 Å². The van der Waals surface area contributed by atoms with E-state index in [1.54, 1.807) is 20.5 Å². The van der Waals surface area contributed by atoms with Gasteiger partial charge in [0.15, 0.2) is 23.0 Å². The summed E-state index contributed by atoms with van der Waals surface area (Å²) in [6.07, 6.45) is 13.7. The summed E-state index contributed by atoms with van der Waals surface area (Å²) in [5, 5.41) is 5.71. The van der Waals surface area contributed by atoms with Crippen LogP contribution in [0.1, 0.15) is 31.2 Å². The Kier molecular flexibility index (Phi) is 6.18. The van der Waals surface area contributed by atoms with Gasteiger partial charge in [0.1, 0.15) is 12.1 Å². The van der Waals surface area contributed by atoms with Crippen LogP contribution in [0.15, 0.2) is 49.0 Å². The Morgan fingerprint density at radius 3 is 2.51 bits per heavy atom. The zero-order chi connectivity index (χ0) is 25.5. The van der Waals surface area contributed by atoms with Crippen molar-refractivity contribution >= 4 is 28.2 Å². The van der Waals surface area contributed by atoms with Crippen molar-refractivity contribution in [1.29, 1.82) is 0 Å². The second-order valence-electron chi connectivity index (χ2n) is 10.3. The van der Waals surface area contributed by atoms with Crippen LogP contribution in [0.4, 0.5) is 5.82 Å². The number of aryl methyl sites for hydroxylation is 1. The molecule has 0 N–H and O–H groups in total. The summed E-state index contributed by atoms with van der Waals surface area (Å²) in [6, 6.07) is 6.13. The Morgan fingerprint density at radius 2 is 1.76 bits per heavy atom. The van der Waals surface area contributed by atoms with Gasteiger partial charge in [-0.05, 0) is 60.8 Å². The molecule has 1 fully saturated rings. The van der Waals surface area contributed by atoms with E-state index < -0.39 is 0 Å². The lowest BCUT2D eigenvalue weighted by atomic mass is 9.64. The van der Waals surface area contributed by atoms with Crippen molar-refractivity contribution in [2.75, 3.05) is 32.2 Å². The molecule has 1 aromatic carbocycles. The average molecular weight is 500 g/mol. The van der Waals surface area contributed by atoms with Crippen LogP contribution in [0.5, 0.6) is 11.5 Å². The lowest BCUT2D eigenvalue weighted by Gasteiger charge is -2.41. The zero-order valence-corrected chi connectivity index (χ0v) is 21.6. The molecule has 2 aliphatic carbocycles. The number of Topliss-reactive ketones (excluding diaryl/α,β-unsaturated/α-hetero) is 1. The summed E-state index contributed by atoms with van der Waals surface area (Å²) in [6.45, 7) is 1.73. The third kappa shape index (κ3) is 4.08. The first kappa shape index (κ1) is 23.7. The second kappa shape index (κ2) is 9.65. The number of hydrogen-bond donors (Lipinski definition) is 0. The Labute approximate surface area is 217 Å². The number of hydrogen-bond acceptors (Lipinski definition) is 7. The summed E-state index contributed by atoms with van der Waals surface area (Å²) < 4.78 is 12.9. The number of ketones is 1. The molecule has 192 valence electrons. The van der Waals surface area contributed by atoms with Gasteiger partial charge in [-0.1, -0.05) is 24.3 Å². The topological polar surface area (TPSA) is 82.4 Å². The highest BCUT2D eigenvalue weighted by atomic mass is 16.5. The molecule has 8 heteroatoms. The van der Waals surface area contributed by atoms with Gasteiger partial charge >= 0.3 is 0 Å². The molecular weight excluding hydrogens is 466 g/mol. The minimum atomic E-state index is -0.0678. The van der Waals surface area contributed by atoms with Crippen molar-refractivity contribution < 1.29 is 14.3 Å². The first-order valence-corrected chi connectivity index (χ1v) is 13.1. The summed E-state index contributed by atoms with van der Waals surface area (Å²) >= 11 is 0. The largest absolute Gasteiger partial charge is 0.493 e. The fraction of sp³-hybridized carbons (Fsp3) is 0.448. The fourth-order valence-corrected chi connectivity index (χ4v) is 6.50. The molecule has 8 nitrogen and oxygen atoms in total. The molecule has 0 saturated carbocycles. The third-order valence-corrected chi connectivity index (χ3v) is 8.43. The molecule has 3 unspecified atom stereocenters. The van der Waals surface area contributed by atoms with Crippen molar-refractivity contribution in [2.24, 2.45) is 30.7 Å². The Morgan fingerprint density at radius 1 is 1.00 bits per heavy atom. The molecule has 1 saturated heterocycles. The van der Waals surface area contributed by atoms with E-state index in [1.807, 2.05) is 24.0 Å². The summed E-state index contributed by atoms with van der Waals surface area (Å²) in [5.74, 6) is 3.29. The number of rotatable bonds is 5. The number of carbonyl (C=O) groups excluding carboxylic acids is 1. The smallest absolute Gasteiger partial charge is 0.163 e. The first-order valence-electron chi connectivity index (χ1n) is 13.1. The predicted octanol–water partition coefficient (Wildman–Crippen LogP) is 4.46. The summed E-state index contributed by atoms with van der Waals surface area (Å²) in [7, 11) is 5.24. The molecule has 0 amide bonds. The Balaban J connectivity index is 1.28. The molecule has 0 bridgehead atoms. The Hall–Kier alpha value is -3.68. The van der Waals surface area contributed by atoms with Gasteiger partial charge in [0.25, 0.3) is 0 Å². The average Bonchev–Trinajstić information content (AvgIpc) is 3.29. The molecule has 0 spiro atoms. The predicted molar refractivity (Wildman–Crippen MR) is 143 cm³/mol. The minimum Gasteiger partial charge on any atom is -0.493 e. The lowest BCUT2D eigenvalue weighted by Crippen LogP contribution is -2.42. The molecule has 37 heavy (non-hydrogen) atoms. The van der Waals surface area contributed by atoms with Crippen LogP contribution in [0, 0.1) is 23.7 Å². The summed E-state index contributed by atoms with van der Waals surface area (Å²) in [4.78, 5) is 24.7. The van der Waals surface area contributed by atoms with E-state index >= 15 is 0 Å². The maximum Gasteiger partial charge on any atom is 0.163 e. The first-order chi connectivity index (χ1) is 18.1. The number of anilines is 1. The molecule has 2 aromatic heterocycles. The van der Waals surface area contributed by atoms with Gasteiger partial charge < -0.3 is 14.4 Å². The molecule has 6 rings (SSSR count). The molecule has 3 heterocycles. The second-order valence-corrected chi connectivity index (χ2v) is 10.3. The number of piperidine rings is 1. The van der Waals surface area contributed by atoms with E-state index in [1.165, 1.54) is 5.57 Å². The van der Waals surface area contributed by atoms with Gasteiger partial charge in [-0.25, -0.2) is 14.6 Å². The van der Waals surface area contributed by atoms with E-state index in [0.717, 1.165) is 72.7 Å². The van der Waals surface area contributed by atoms with E-state index in [9.17, 15) is 4.79 Å². The van der Waals surface area contributed by atoms with Crippen LogP contribution in [0.25, 0.3) is 16.6 Å². The minimum absolute atomic E-state index is 0.0398. The van der Waals surface area contributed by atoms with Gasteiger partial charge in [0.2, 0.25) is 0 Å². The standard InChI is InChI=1S/C29H33N5O3/c1-33-28-24(16-30-17-31-28)29(32-33)34-12-10-18(11-13-34)23-15-22(20-6-4-5-7-21(20)27(23)35)19-8-9-25(36-2)26(14-19)37-3/h4-5,8-9,14-18,20-21,23H,6-7,10-13H2,1-3H3. The van der Waals surface area contributed by atoms with Crippen molar-refractivity contribution in [3.8, 4) is 11.5 Å². The fourth-order valence-electron chi connectivity index (χ4n) is 6.50. The highest BCUT2D eigenvalue weighted by molar-refractivity contribution is 5.93. The molecule has 0 radical (unpaired) electrons. The summed E-state index contributed by atoms with van der Waals surface area (Å²) in [5.41, 5.74) is 3.24. The maximum absolute atomic E-state index is 13.8. The highest BCUT2D eigenvalue weighted by Crippen LogP contribution is 2.47. The van der Waals surface area contributed by atoms with Gasteiger partial charge in [-0.15, -0.1) is 0 Å². The van der Waals surface area contributed by atoms with Crippen LogP contribution in [-0.2, 0) is 11.8 Å². The van der Waals surface area contributed by atoms with Crippen molar-refractivity contribution in [1.82, 2.24) is 19.7 Å². The van der Waals surface area contributed by atoms with Crippen LogP contribution in [-0.4, -0.2) is 52.8 Å². The number of aromatic nitrogens is 4. The molecule has 3 atom stereocenters. The molecular formula is C29H33N5O3. The van der Waals surface area contributed by atoms with Crippen LogP contribution >= 0.6 is 0 Å². The van der Waals surface area contributed by atoms with Crippen LogP contribution in [0.2, 0.25) is 0 Å². The van der Waals surface area contributed by atoms with Crippen molar-refractivity contribution in [3.63, 3.8) is 0 Å². The van der Waals surface area contributed by atoms with Crippen LogP contribution in [0.3, 0.4) is 0 Å². The quantitative estimate of drug-likeness (QED) is 0.479. The molecule has 3 aromatic rings. The zero-order valence-electron chi connectivity index (χ0n) is 21.6. The number of ether oxygens (including phenoxy) is 2. The van der Waals surface area contributed by atoms with Gasteiger partial charge in [0.05, 0.1) is 19.6 Å². The van der Waals surface area contributed by atoms with Gasteiger partial charge in [-0.3, -0.25) is 4.79 Å². The van der Waals surface area contributed by atoms with Gasteiger partial charge in [0, 0.05) is 38.2 Å². The number of allylic oxidation sites excluding steroid dienone is 4. The number of benzene rings is 1. The number of methoxy groups -OCH3 is 2. The van der Waals surface area contributed by atoms with E-state index in [-0.39, 0.29) is 17.8 Å². The maximum atomic E-state index is 13.8. The van der Waals surface area contributed by atoms with E-state index in [0.29, 0.717) is 11.7 Å². The molecule has 1 aliphatic heterocycles. The number of fused-ring (bicyclic) bond motifs is 2. The normalized spacial score (nSPS) is 24.2. The third-order valence-electron chi connectivity index (χ3n) is 8.43. The molecule has 3 aliphatic rings. The van der Waals surface area contributed by atoms with Crippen molar-refractivity contribution in [2.45, 2.75) is 25.7 Å².